The van der Waals surface area contributed by atoms with E-state index in [-0.39, 0.29) is 25.0 Å². The standard InChI is InChI=1S/C14H14N4O3/c19-7-3-6-17-8-10(15-16-17)9-18-13(20)11-4-1-2-5-12(11)14(18)21/h1-2,4-5,8,19H,3,6-7,9H2. The highest BCUT2D eigenvalue weighted by Crippen LogP contribution is 2.23. The normalized spacial score (nSPS) is 13.9. The van der Waals surface area contributed by atoms with Gasteiger partial charge in [-0.3, -0.25) is 19.2 Å². The molecule has 3 rings (SSSR count). The summed E-state index contributed by atoms with van der Waals surface area (Å²) in [6.07, 6.45) is 2.26. The first-order chi connectivity index (χ1) is 10.2. The number of carbonyl (C=O) groups excluding carboxylic acids is 2. The van der Waals surface area contributed by atoms with Crippen LogP contribution in [-0.2, 0) is 13.1 Å². The summed E-state index contributed by atoms with van der Waals surface area (Å²) in [6, 6.07) is 6.76. The van der Waals surface area contributed by atoms with E-state index in [1.807, 2.05) is 0 Å². The zero-order valence-electron chi connectivity index (χ0n) is 11.3. The molecule has 0 atom stereocenters. The van der Waals surface area contributed by atoms with Crippen LogP contribution >= 0.6 is 0 Å². The van der Waals surface area contributed by atoms with E-state index in [4.69, 9.17) is 5.11 Å². The molecule has 0 saturated heterocycles. The number of rotatable bonds is 5. The number of aryl methyl sites for hydroxylation is 1. The lowest BCUT2D eigenvalue weighted by molar-refractivity contribution is 0.0640. The molecule has 7 nitrogen and oxygen atoms in total. The van der Waals surface area contributed by atoms with Crippen molar-refractivity contribution in [3.63, 3.8) is 0 Å². The van der Waals surface area contributed by atoms with Gasteiger partial charge in [-0.05, 0) is 18.6 Å². The molecule has 2 aromatic rings. The number of aliphatic hydroxyl groups excluding tert-OH is 1. The van der Waals surface area contributed by atoms with Crippen molar-refractivity contribution >= 4 is 11.8 Å². The van der Waals surface area contributed by atoms with Gasteiger partial charge in [0.1, 0.15) is 5.69 Å². The van der Waals surface area contributed by atoms with Crippen molar-refractivity contribution in [2.75, 3.05) is 6.61 Å². The number of fused-ring (bicyclic) bond motifs is 1. The second-order valence-corrected chi connectivity index (χ2v) is 4.79. The zero-order valence-corrected chi connectivity index (χ0v) is 11.3. The summed E-state index contributed by atoms with van der Waals surface area (Å²) in [4.78, 5) is 25.6. The predicted octanol–water partition coefficient (Wildman–Crippen LogP) is 0.457. The Balaban J connectivity index is 1.76. The fraction of sp³-hybridized carbons (Fsp3) is 0.286. The van der Waals surface area contributed by atoms with Crippen molar-refractivity contribution < 1.29 is 14.7 Å². The van der Waals surface area contributed by atoms with Gasteiger partial charge in [-0.2, -0.15) is 0 Å². The van der Waals surface area contributed by atoms with E-state index in [2.05, 4.69) is 10.3 Å². The van der Waals surface area contributed by atoms with E-state index < -0.39 is 0 Å². The van der Waals surface area contributed by atoms with E-state index in [1.54, 1.807) is 35.1 Å². The molecule has 0 bridgehead atoms. The Morgan fingerprint density at radius 3 is 2.38 bits per heavy atom. The lowest BCUT2D eigenvalue weighted by Crippen LogP contribution is -2.29. The van der Waals surface area contributed by atoms with Crippen molar-refractivity contribution in [3.8, 4) is 0 Å². The number of aliphatic hydroxyl groups is 1. The van der Waals surface area contributed by atoms with Crippen molar-refractivity contribution in [1.29, 1.82) is 0 Å². The monoisotopic (exact) mass is 286 g/mol. The maximum Gasteiger partial charge on any atom is 0.261 e. The Morgan fingerprint density at radius 1 is 1.10 bits per heavy atom. The minimum absolute atomic E-state index is 0.0770. The van der Waals surface area contributed by atoms with Crippen LogP contribution in [0.15, 0.2) is 30.5 Å². The van der Waals surface area contributed by atoms with Crippen LogP contribution in [0.25, 0.3) is 0 Å². The summed E-state index contributed by atoms with van der Waals surface area (Å²) in [5, 5.41) is 16.6. The molecular formula is C14H14N4O3. The second kappa shape index (κ2) is 5.45. The van der Waals surface area contributed by atoms with Crippen molar-refractivity contribution in [2.45, 2.75) is 19.5 Å². The van der Waals surface area contributed by atoms with Gasteiger partial charge in [-0.25, -0.2) is 0 Å². The third-order valence-electron chi connectivity index (χ3n) is 3.33. The Hall–Kier alpha value is -2.54. The van der Waals surface area contributed by atoms with Gasteiger partial charge in [0.05, 0.1) is 23.9 Å². The molecule has 0 radical (unpaired) electrons. The first kappa shape index (κ1) is 13.4. The van der Waals surface area contributed by atoms with Crippen molar-refractivity contribution in [2.24, 2.45) is 0 Å². The van der Waals surface area contributed by atoms with E-state index in [0.717, 1.165) is 0 Å². The molecule has 0 unspecified atom stereocenters. The Kier molecular flexibility index (Phi) is 3.49. The summed E-state index contributed by atoms with van der Waals surface area (Å²) >= 11 is 0. The smallest absolute Gasteiger partial charge is 0.261 e. The average Bonchev–Trinajstić information content (AvgIpc) is 3.05. The van der Waals surface area contributed by atoms with Gasteiger partial charge in [0.25, 0.3) is 11.8 Å². The molecule has 1 aliphatic heterocycles. The average molecular weight is 286 g/mol. The van der Waals surface area contributed by atoms with Crippen LogP contribution in [0.5, 0.6) is 0 Å². The topological polar surface area (TPSA) is 88.3 Å². The third kappa shape index (κ3) is 2.43. The molecule has 2 amide bonds. The van der Waals surface area contributed by atoms with Crippen LogP contribution in [0.3, 0.4) is 0 Å². The molecule has 108 valence electrons. The molecule has 0 aliphatic carbocycles. The zero-order chi connectivity index (χ0) is 14.8. The van der Waals surface area contributed by atoms with Gasteiger partial charge in [-0.15, -0.1) is 5.10 Å². The third-order valence-corrected chi connectivity index (χ3v) is 3.33. The number of aromatic nitrogens is 3. The number of hydrogen-bond donors (Lipinski definition) is 1. The van der Waals surface area contributed by atoms with Crippen molar-refractivity contribution in [1.82, 2.24) is 19.9 Å². The highest BCUT2D eigenvalue weighted by Gasteiger charge is 2.35. The summed E-state index contributed by atoms with van der Waals surface area (Å²) in [7, 11) is 0. The molecule has 1 aromatic carbocycles. The quantitative estimate of drug-likeness (QED) is 0.806. The fourth-order valence-electron chi connectivity index (χ4n) is 2.30. The lowest BCUT2D eigenvalue weighted by atomic mass is 10.1. The van der Waals surface area contributed by atoms with Crippen LogP contribution in [0, 0.1) is 0 Å². The molecule has 0 spiro atoms. The van der Waals surface area contributed by atoms with E-state index >= 15 is 0 Å². The molecule has 1 N–H and O–H groups in total. The summed E-state index contributed by atoms with van der Waals surface area (Å²) in [5.74, 6) is -0.610. The molecule has 0 fully saturated rings. The van der Waals surface area contributed by atoms with Crippen LogP contribution < -0.4 is 0 Å². The second-order valence-electron chi connectivity index (χ2n) is 4.79. The molecule has 2 heterocycles. The maximum absolute atomic E-state index is 12.2. The van der Waals surface area contributed by atoms with Crippen LogP contribution in [0.4, 0.5) is 0 Å². The highest BCUT2D eigenvalue weighted by atomic mass is 16.3. The van der Waals surface area contributed by atoms with E-state index in [0.29, 0.717) is 29.8 Å². The van der Waals surface area contributed by atoms with Gasteiger partial charge in [0.15, 0.2) is 0 Å². The number of amides is 2. The maximum atomic E-state index is 12.2. The van der Waals surface area contributed by atoms with Crippen LogP contribution in [0.2, 0.25) is 0 Å². The van der Waals surface area contributed by atoms with Crippen LogP contribution in [0.1, 0.15) is 32.8 Å². The molecule has 0 saturated carbocycles. The first-order valence-corrected chi connectivity index (χ1v) is 6.66. The van der Waals surface area contributed by atoms with Gasteiger partial charge >= 0.3 is 0 Å². The molecule has 7 heteroatoms. The lowest BCUT2D eigenvalue weighted by Gasteiger charge is -2.11. The van der Waals surface area contributed by atoms with E-state index in [1.165, 1.54) is 4.90 Å². The van der Waals surface area contributed by atoms with Crippen molar-refractivity contribution in [3.05, 3.63) is 47.3 Å². The van der Waals surface area contributed by atoms with Gasteiger partial charge in [-0.1, -0.05) is 17.3 Å². The number of nitrogens with zero attached hydrogens (tertiary/aromatic N) is 4. The Morgan fingerprint density at radius 2 is 1.76 bits per heavy atom. The number of imide groups is 1. The number of benzene rings is 1. The Labute approximate surface area is 120 Å². The van der Waals surface area contributed by atoms with Gasteiger partial charge < -0.3 is 5.11 Å². The van der Waals surface area contributed by atoms with Crippen LogP contribution in [-0.4, -0.2) is 43.4 Å². The summed E-state index contributed by atoms with van der Waals surface area (Å²) < 4.78 is 1.59. The minimum Gasteiger partial charge on any atom is -0.396 e. The van der Waals surface area contributed by atoms with E-state index in [9.17, 15) is 9.59 Å². The highest BCUT2D eigenvalue weighted by molar-refractivity contribution is 6.21. The largest absolute Gasteiger partial charge is 0.396 e. The molecule has 1 aliphatic rings. The minimum atomic E-state index is -0.305. The number of hydrogen-bond acceptors (Lipinski definition) is 5. The van der Waals surface area contributed by atoms with Gasteiger partial charge in [0, 0.05) is 13.2 Å². The molecule has 1 aromatic heterocycles. The predicted molar refractivity (Wildman–Crippen MR) is 72.4 cm³/mol. The summed E-state index contributed by atoms with van der Waals surface area (Å²) in [6.45, 7) is 0.727. The first-order valence-electron chi connectivity index (χ1n) is 6.66. The SMILES string of the molecule is O=C1c2ccccc2C(=O)N1Cc1cn(CCCO)nn1. The summed E-state index contributed by atoms with van der Waals surface area (Å²) in [5.41, 5.74) is 1.40. The Bertz CT molecular complexity index is 660. The molecule has 21 heavy (non-hydrogen) atoms. The number of carbonyl (C=O) groups is 2. The van der Waals surface area contributed by atoms with Gasteiger partial charge in [0.2, 0.25) is 0 Å². The fourth-order valence-corrected chi connectivity index (χ4v) is 2.30. The molecular weight excluding hydrogens is 272 g/mol.